The first-order valence-corrected chi connectivity index (χ1v) is 10.9. The summed E-state index contributed by atoms with van der Waals surface area (Å²) in [5, 5.41) is 20.8. The van der Waals surface area contributed by atoms with Gasteiger partial charge in [-0.3, -0.25) is 4.98 Å². The Labute approximate surface area is 143 Å². The van der Waals surface area contributed by atoms with Gasteiger partial charge in [-0.25, -0.2) is 0 Å². The van der Waals surface area contributed by atoms with Gasteiger partial charge in [0.25, 0.3) is 0 Å². The van der Waals surface area contributed by atoms with Crippen molar-refractivity contribution in [1.82, 2.24) is 4.98 Å². The summed E-state index contributed by atoms with van der Waals surface area (Å²) >= 11 is -2.30. The number of thioether (sulfide) groups is 1. The van der Waals surface area contributed by atoms with Gasteiger partial charge < -0.3 is 0 Å². The summed E-state index contributed by atoms with van der Waals surface area (Å²) < 4.78 is 25.1. The van der Waals surface area contributed by atoms with Crippen molar-refractivity contribution in [2.45, 2.75) is 11.1 Å². The fraction of sp³-hybridized carbons (Fsp3) is 0.0833. The zero-order chi connectivity index (χ0) is 17.3. The van der Waals surface area contributed by atoms with E-state index < -0.39 is 14.2 Å². The third-order valence-corrected chi connectivity index (χ3v) is 6.25. The predicted molar refractivity (Wildman–Crippen MR) is 86.3 cm³/mol. The van der Waals surface area contributed by atoms with Gasteiger partial charge in [-0.15, -0.1) is 11.3 Å². The van der Waals surface area contributed by atoms with E-state index in [4.69, 9.17) is 10.5 Å². The van der Waals surface area contributed by atoms with Gasteiger partial charge in [-0.2, -0.15) is 5.26 Å². The molecule has 1 unspecified atom stereocenters. The number of anilines is 1. The Hall–Kier alpha value is -1.60. The van der Waals surface area contributed by atoms with E-state index in [0.29, 0.717) is 0 Å². The Morgan fingerprint density at radius 2 is 2.22 bits per heavy atom. The number of nitrogens with zero attached hydrogens (tertiary/aromatic N) is 2. The molecule has 1 aromatic carbocycles. The number of nitrogens with one attached hydrogen (secondary N) is 1. The molecule has 0 aliphatic heterocycles. The van der Waals surface area contributed by atoms with Crippen molar-refractivity contribution in [2.75, 3.05) is 5.32 Å². The number of carbonyl (C=O) groups excluding carboxylic acids is 1. The first-order valence-electron chi connectivity index (χ1n) is 5.88. The van der Waals surface area contributed by atoms with Crippen LogP contribution in [0.2, 0.25) is 0 Å². The molecule has 1 atom stereocenters. The van der Waals surface area contributed by atoms with Crippen LogP contribution in [0.5, 0.6) is 0 Å². The van der Waals surface area contributed by atoms with Crippen LogP contribution in [0.25, 0.3) is 0 Å². The summed E-state index contributed by atoms with van der Waals surface area (Å²) in [6, 6.07) is 5.84. The van der Waals surface area contributed by atoms with E-state index in [2.05, 4.69) is 14.2 Å². The van der Waals surface area contributed by atoms with Gasteiger partial charge in [-0.05, 0) is 0 Å². The molecule has 23 heavy (non-hydrogen) atoms. The van der Waals surface area contributed by atoms with Crippen molar-refractivity contribution in [3.63, 3.8) is 0 Å². The van der Waals surface area contributed by atoms with Gasteiger partial charge in [-0.1, -0.05) is 0 Å². The van der Waals surface area contributed by atoms with Crippen molar-refractivity contribution < 1.29 is 21.8 Å². The van der Waals surface area contributed by atoms with Crippen molar-refractivity contribution in [3.8, 4) is 5.40 Å². The Bertz CT molecular complexity index is 733. The predicted octanol–water partition coefficient (Wildman–Crippen LogP) is 1.42. The van der Waals surface area contributed by atoms with E-state index in [1.54, 1.807) is 17.8 Å². The van der Waals surface area contributed by atoms with Crippen LogP contribution in [0.1, 0.15) is 6.92 Å². The molecular formula is C12H12AsN3O5S2. The molecule has 122 valence electrons. The van der Waals surface area contributed by atoms with Crippen LogP contribution >= 0.6 is 23.1 Å². The number of thiazole rings is 1. The first kappa shape index (κ1) is 19.4. The Kier molecular flexibility index (Phi) is 8.05. The minimum Gasteiger partial charge on any atom is -0.252 e. The van der Waals surface area contributed by atoms with Gasteiger partial charge in [0.05, 0.1) is 15.9 Å². The van der Waals surface area contributed by atoms with Gasteiger partial charge in [0.15, 0.2) is 0 Å². The smallest absolute Gasteiger partial charge is 0.139 e. The van der Waals surface area contributed by atoms with Crippen LogP contribution in [0.15, 0.2) is 40.2 Å². The number of benzene rings is 1. The molecule has 0 saturated heterocycles. The molecule has 0 spiro atoms. The summed E-state index contributed by atoms with van der Waals surface area (Å²) in [6.45, 7) is 1.27. The van der Waals surface area contributed by atoms with Crippen LogP contribution < -0.4 is 9.67 Å². The van der Waals surface area contributed by atoms with Crippen LogP contribution in [0.3, 0.4) is 0 Å². The van der Waals surface area contributed by atoms with Gasteiger partial charge in [0.2, 0.25) is 0 Å². The summed E-state index contributed by atoms with van der Waals surface area (Å²) in [4.78, 5) is 14.6. The number of thiocyanates is 1. The quantitative estimate of drug-likeness (QED) is 0.224. The normalized spacial score (nSPS) is 12.3. The van der Waals surface area contributed by atoms with Gasteiger partial charge in [0, 0.05) is 11.8 Å². The number of amides is 1. The largest absolute Gasteiger partial charge is 0.252 e. The molecule has 0 radical (unpaired) electrons. The number of carbonyl (C=O) groups is 1. The van der Waals surface area contributed by atoms with E-state index in [1.165, 1.54) is 36.5 Å². The second-order valence-electron chi connectivity index (χ2n) is 3.81. The van der Waals surface area contributed by atoms with E-state index in [9.17, 15) is 12.6 Å². The molecule has 3 N–H and O–H groups in total. The summed E-state index contributed by atoms with van der Waals surface area (Å²) in [7, 11) is 0. The molecule has 1 amide bonds. The zero-order valence-electron chi connectivity index (χ0n) is 11.7. The number of aromatic nitrogens is 1. The minimum absolute atomic E-state index is 0.103. The molecule has 0 fully saturated rings. The van der Waals surface area contributed by atoms with Crippen LogP contribution in [0, 0.1) is 10.7 Å². The molecule has 0 bridgehead atoms. The molecule has 8 nitrogen and oxygen atoms in total. The van der Waals surface area contributed by atoms with Gasteiger partial charge >= 0.3 is 88.4 Å². The maximum absolute atomic E-state index is 11.4. The second kappa shape index (κ2) is 9.52. The van der Waals surface area contributed by atoms with E-state index in [0.717, 1.165) is 16.0 Å². The third-order valence-electron chi connectivity index (χ3n) is 2.19. The molecule has 2 rings (SSSR count). The topological polar surface area (TPSA) is 133 Å². The summed E-state index contributed by atoms with van der Waals surface area (Å²) in [5.41, 5.74) is 1.86. The third kappa shape index (κ3) is 6.58. The van der Waals surface area contributed by atoms with Crippen molar-refractivity contribution in [2.24, 2.45) is 0 Å². The number of hydrogen-bond donors (Lipinski definition) is 3. The maximum atomic E-state index is 11.4. The molecule has 2 aromatic rings. The van der Waals surface area contributed by atoms with Crippen molar-refractivity contribution in [3.05, 3.63) is 36.0 Å². The summed E-state index contributed by atoms with van der Waals surface area (Å²) in [5.74, 6) is -0.379. The average molecular weight is 417 g/mol. The van der Waals surface area contributed by atoms with Crippen LogP contribution in [0.4, 0.5) is 5.69 Å². The van der Waals surface area contributed by atoms with Crippen LogP contribution in [-0.4, -0.2) is 34.4 Å². The molecule has 0 aliphatic rings. The maximum Gasteiger partial charge on any atom is 0.139 e. The molecule has 0 aliphatic carbocycles. The first-order chi connectivity index (χ1) is 10.9. The Morgan fingerprint density at radius 1 is 1.52 bits per heavy atom. The Balaban J connectivity index is 0.000000277. The molecule has 0 saturated carbocycles. The zero-order valence-corrected chi connectivity index (χ0v) is 15.3. The second-order valence-corrected chi connectivity index (χ2v) is 9.32. The Morgan fingerprint density at radius 3 is 2.74 bits per heavy atom. The number of para-hydroxylation sites is 1. The van der Waals surface area contributed by atoms with E-state index in [-0.39, 0.29) is 15.9 Å². The molecule has 11 heteroatoms. The fourth-order valence-electron chi connectivity index (χ4n) is 1.36. The fourth-order valence-corrected chi connectivity index (χ4v) is 4.02. The SMILES string of the molecule is CC(=O)Nc1ccccc1[As](=O)(O)OO.N#CSc1cncs1. The van der Waals surface area contributed by atoms with Gasteiger partial charge in [0.1, 0.15) is 5.40 Å². The number of nitriles is 1. The monoisotopic (exact) mass is 417 g/mol. The van der Waals surface area contributed by atoms with E-state index >= 15 is 0 Å². The summed E-state index contributed by atoms with van der Waals surface area (Å²) in [6.07, 6.45) is 1.68. The number of rotatable bonds is 4. The van der Waals surface area contributed by atoms with Crippen molar-refractivity contribution >= 4 is 53.2 Å². The minimum atomic E-state index is -4.92. The molecule has 1 heterocycles. The molecular weight excluding hydrogens is 405 g/mol. The molecule has 1 aromatic heterocycles. The van der Waals surface area contributed by atoms with E-state index in [1.807, 2.05) is 5.40 Å². The average Bonchev–Trinajstić information content (AvgIpc) is 3.01. The van der Waals surface area contributed by atoms with Crippen LogP contribution in [-0.2, 0) is 12.4 Å². The van der Waals surface area contributed by atoms with Crippen molar-refractivity contribution in [1.29, 1.82) is 5.26 Å². The standard InChI is InChI=1S/C8H10AsNO5.C4H2N2S2/c1-6(11)10-8-5-3-2-4-7(8)9(12,13)15-14;5-2-7-4-1-6-3-8-4/h2-5,14H,1H3,(H,10,11)(H,12,13);1,3H. The number of hydrogen-bond acceptors (Lipinski definition) is 8.